The van der Waals surface area contributed by atoms with Crippen LogP contribution < -0.4 is 10.6 Å². The lowest BCUT2D eigenvalue weighted by molar-refractivity contribution is 0.902. The van der Waals surface area contributed by atoms with E-state index in [2.05, 4.69) is 44.8 Å². The van der Waals surface area contributed by atoms with Crippen LogP contribution in [0.25, 0.3) is 0 Å². The van der Waals surface area contributed by atoms with Gasteiger partial charge in [-0.3, -0.25) is 0 Å². The molecule has 2 aromatic heterocycles. The molecule has 2 N–H and O–H groups in total. The molecule has 0 radical (unpaired) electrons. The molecule has 5 nitrogen and oxygen atoms in total. The highest BCUT2D eigenvalue weighted by Gasteiger charge is 2.10. The fourth-order valence-electron chi connectivity index (χ4n) is 1.95. The minimum absolute atomic E-state index is 0.701. The van der Waals surface area contributed by atoms with Gasteiger partial charge in [-0.1, -0.05) is 13.8 Å². The molecule has 0 unspecified atom stereocenters. The predicted molar refractivity (Wildman–Crippen MR) is 89.1 cm³/mol. The number of thiazole rings is 1. The largest absolute Gasteiger partial charge is 0.370 e. The standard InChI is InChI=1S/C15H23N5S/c1-5-7-16-14-11(4)15(20-12(6-2)19-14)17-8-13-18-10(3)9-21-13/h9H,5-8H2,1-4H3,(H2,16,17,19,20). The molecule has 2 aromatic rings. The average Bonchev–Trinajstić information content (AvgIpc) is 2.90. The van der Waals surface area contributed by atoms with Gasteiger partial charge in [0.25, 0.3) is 0 Å². The van der Waals surface area contributed by atoms with Gasteiger partial charge in [-0.25, -0.2) is 15.0 Å². The zero-order valence-corrected chi connectivity index (χ0v) is 14.0. The summed E-state index contributed by atoms with van der Waals surface area (Å²) in [4.78, 5) is 13.6. The molecule has 0 fully saturated rings. The van der Waals surface area contributed by atoms with E-state index in [4.69, 9.17) is 0 Å². The molecule has 0 aromatic carbocycles. The number of rotatable bonds is 7. The fourth-order valence-corrected chi connectivity index (χ4v) is 2.66. The van der Waals surface area contributed by atoms with Crippen LogP contribution in [0.3, 0.4) is 0 Å². The maximum Gasteiger partial charge on any atom is 0.135 e. The van der Waals surface area contributed by atoms with Gasteiger partial charge in [0.2, 0.25) is 0 Å². The SMILES string of the molecule is CCCNc1nc(CC)nc(NCc2nc(C)cs2)c1C. The molecule has 0 spiro atoms. The highest BCUT2D eigenvalue weighted by atomic mass is 32.1. The second-order valence-corrected chi connectivity index (χ2v) is 5.92. The first-order valence-electron chi connectivity index (χ1n) is 7.40. The molecule has 0 atom stereocenters. The molecule has 0 aliphatic heterocycles. The number of aryl methyl sites for hydroxylation is 2. The monoisotopic (exact) mass is 305 g/mol. The van der Waals surface area contributed by atoms with Gasteiger partial charge < -0.3 is 10.6 Å². The first kappa shape index (κ1) is 15.7. The number of hydrogen-bond acceptors (Lipinski definition) is 6. The molecule has 2 rings (SSSR count). The van der Waals surface area contributed by atoms with Crippen molar-refractivity contribution in [1.82, 2.24) is 15.0 Å². The maximum absolute atomic E-state index is 4.60. The summed E-state index contributed by atoms with van der Waals surface area (Å²) < 4.78 is 0. The lowest BCUT2D eigenvalue weighted by atomic mass is 10.2. The van der Waals surface area contributed by atoms with Crippen molar-refractivity contribution in [2.75, 3.05) is 17.2 Å². The van der Waals surface area contributed by atoms with Gasteiger partial charge in [0.05, 0.1) is 6.54 Å². The topological polar surface area (TPSA) is 62.7 Å². The molecule has 0 saturated heterocycles. The Labute approximate surface area is 130 Å². The zero-order valence-electron chi connectivity index (χ0n) is 13.2. The second-order valence-electron chi connectivity index (χ2n) is 4.98. The van der Waals surface area contributed by atoms with E-state index in [1.807, 2.05) is 13.8 Å². The summed E-state index contributed by atoms with van der Waals surface area (Å²) in [5.41, 5.74) is 2.13. The van der Waals surface area contributed by atoms with Crippen LogP contribution in [0.5, 0.6) is 0 Å². The maximum atomic E-state index is 4.60. The van der Waals surface area contributed by atoms with Crippen LogP contribution in [0, 0.1) is 13.8 Å². The summed E-state index contributed by atoms with van der Waals surface area (Å²) in [7, 11) is 0. The number of nitrogens with zero attached hydrogens (tertiary/aromatic N) is 3. The minimum Gasteiger partial charge on any atom is -0.370 e. The van der Waals surface area contributed by atoms with Gasteiger partial charge in [0, 0.05) is 29.6 Å². The number of aromatic nitrogens is 3. The molecular weight excluding hydrogens is 282 g/mol. The first-order valence-corrected chi connectivity index (χ1v) is 8.28. The van der Waals surface area contributed by atoms with Crippen molar-refractivity contribution < 1.29 is 0 Å². The third-order valence-corrected chi connectivity index (χ3v) is 4.09. The highest BCUT2D eigenvalue weighted by Crippen LogP contribution is 2.21. The van der Waals surface area contributed by atoms with Gasteiger partial charge in [-0.05, 0) is 20.3 Å². The van der Waals surface area contributed by atoms with Crippen LogP contribution in [0.2, 0.25) is 0 Å². The predicted octanol–water partition coefficient (Wildman–Crippen LogP) is 3.55. The second kappa shape index (κ2) is 7.36. The number of anilines is 2. The van der Waals surface area contributed by atoms with E-state index in [9.17, 15) is 0 Å². The molecule has 0 saturated carbocycles. The Morgan fingerprint density at radius 2 is 1.76 bits per heavy atom. The Bertz CT molecular complexity index is 594. The normalized spacial score (nSPS) is 10.7. The van der Waals surface area contributed by atoms with E-state index in [1.165, 1.54) is 0 Å². The molecule has 0 amide bonds. The van der Waals surface area contributed by atoms with E-state index in [0.29, 0.717) is 6.54 Å². The van der Waals surface area contributed by atoms with Crippen molar-refractivity contribution in [3.05, 3.63) is 27.5 Å². The molecule has 0 aliphatic rings. The van der Waals surface area contributed by atoms with Crippen LogP contribution in [-0.2, 0) is 13.0 Å². The smallest absolute Gasteiger partial charge is 0.135 e. The highest BCUT2D eigenvalue weighted by molar-refractivity contribution is 7.09. The van der Waals surface area contributed by atoms with Crippen LogP contribution >= 0.6 is 11.3 Å². The molecule has 0 bridgehead atoms. The fraction of sp³-hybridized carbons (Fsp3) is 0.533. The van der Waals surface area contributed by atoms with Gasteiger partial charge in [0.1, 0.15) is 22.5 Å². The van der Waals surface area contributed by atoms with Crippen LogP contribution in [0.4, 0.5) is 11.6 Å². The number of nitrogens with one attached hydrogen (secondary N) is 2. The van der Waals surface area contributed by atoms with Crippen molar-refractivity contribution in [1.29, 1.82) is 0 Å². The Hall–Kier alpha value is -1.69. The molecule has 0 aliphatic carbocycles. The summed E-state index contributed by atoms with van der Waals surface area (Å²) in [5, 5.41) is 9.91. The van der Waals surface area contributed by atoms with Gasteiger partial charge in [0.15, 0.2) is 0 Å². The summed E-state index contributed by atoms with van der Waals surface area (Å²) in [5.74, 6) is 2.69. The van der Waals surface area contributed by atoms with E-state index in [0.717, 1.165) is 53.1 Å². The Morgan fingerprint density at radius 1 is 1.05 bits per heavy atom. The minimum atomic E-state index is 0.701. The molecular formula is C15H23N5S. The van der Waals surface area contributed by atoms with E-state index >= 15 is 0 Å². The van der Waals surface area contributed by atoms with E-state index in [1.54, 1.807) is 11.3 Å². The molecule has 6 heteroatoms. The van der Waals surface area contributed by atoms with Crippen molar-refractivity contribution in [2.24, 2.45) is 0 Å². The molecule has 21 heavy (non-hydrogen) atoms. The molecule has 114 valence electrons. The van der Waals surface area contributed by atoms with Crippen LogP contribution in [0.1, 0.15) is 42.4 Å². The van der Waals surface area contributed by atoms with Crippen molar-refractivity contribution in [3.63, 3.8) is 0 Å². The van der Waals surface area contributed by atoms with Gasteiger partial charge in [-0.15, -0.1) is 11.3 Å². The van der Waals surface area contributed by atoms with Crippen molar-refractivity contribution >= 4 is 23.0 Å². The summed E-state index contributed by atoms with van der Waals surface area (Å²) in [6.07, 6.45) is 1.90. The first-order chi connectivity index (χ1) is 10.1. The third-order valence-electron chi connectivity index (χ3n) is 3.12. The van der Waals surface area contributed by atoms with E-state index in [-0.39, 0.29) is 0 Å². The Balaban J connectivity index is 2.16. The van der Waals surface area contributed by atoms with Crippen molar-refractivity contribution in [2.45, 2.75) is 47.1 Å². The average molecular weight is 305 g/mol. The molecule has 2 heterocycles. The van der Waals surface area contributed by atoms with Gasteiger partial charge >= 0.3 is 0 Å². The lowest BCUT2D eigenvalue weighted by Crippen LogP contribution is -2.11. The zero-order chi connectivity index (χ0) is 15.2. The Kier molecular flexibility index (Phi) is 5.50. The van der Waals surface area contributed by atoms with Gasteiger partial charge in [-0.2, -0.15) is 0 Å². The number of hydrogen-bond donors (Lipinski definition) is 2. The van der Waals surface area contributed by atoms with Crippen molar-refractivity contribution in [3.8, 4) is 0 Å². The van der Waals surface area contributed by atoms with Crippen LogP contribution in [0.15, 0.2) is 5.38 Å². The summed E-state index contributed by atoms with van der Waals surface area (Å²) >= 11 is 1.67. The summed E-state index contributed by atoms with van der Waals surface area (Å²) in [6, 6.07) is 0. The Morgan fingerprint density at radius 3 is 2.33 bits per heavy atom. The quantitative estimate of drug-likeness (QED) is 0.819. The van der Waals surface area contributed by atoms with E-state index < -0.39 is 0 Å². The lowest BCUT2D eigenvalue weighted by Gasteiger charge is -2.14. The van der Waals surface area contributed by atoms with Crippen LogP contribution in [-0.4, -0.2) is 21.5 Å². The third kappa shape index (κ3) is 4.14. The summed E-state index contributed by atoms with van der Waals surface area (Å²) in [6.45, 7) is 9.90.